The van der Waals surface area contributed by atoms with Crippen LogP contribution in [0.3, 0.4) is 0 Å². The molecule has 0 bridgehead atoms. The van der Waals surface area contributed by atoms with E-state index in [2.05, 4.69) is 9.97 Å². The predicted molar refractivity (Wildman–Crippen MR) is 211 cm³/mol. The van der Waals surface area contributed by atoms with Gasteiger partial charge in [-0.25, -0.2) is 0 Å². The molecule has 2 heterocycles. The van der Waals surface area contributed by atoms with Gasteiger partial charge in [0.15, 0.2) is 11.2 Å². The molecule has 2 aromatic heterocycles. The van der Waals surface area contributed by atoms with Crippen LogP contribution >= 0.6 is 0 Å². The summed E-state index contributed by atoms with van der Waals surface area (Å²) in [7, 11) is 2.96. The number of nitrogens with zero attached hydrogens (tertiary/aromatic N) is 1. The largest absolute Gasteiger partial charge is 0.496 e. The Hall–Kier alpha value is -5.07. The molecule has 2 atom stereocenters. The third kappa shape index (κ3) is 9.56. The first kappa shape index (κ1) is 43.1. The lowest BCUT2D eigenvalue weighted by atomic mass is 9.72. The number of ether oxygens (including phenoxy) is 2. The fraction of sp³-hybridized carbons (Fsp3) is 0.356. The summed E-state index contributed by atoms with van der Waals surface area (Å²) in [5.41, 5.74) is -4.43. The number of rotatable bonds is 12. The average Bonchev–Trinajstić information content (AvgIpc) is 3.56. The molecule has 0 aliphatic heterocycles. The molecule has 0 aliphatic carbocycles. The summed E-state index contributed by atoms with van der Waals surface area (Å²) in [4.78, 5) is 7.19. The highest BCUT2D eigenvalue weighted by molar-refractivity contribution is 5.82. The van der Waals surface area contributed by atoms with E-state index in [0.29, 0.717) is 44.8 Å². The SMILES string of the molecule is COc1ccccc1C(C)(C)CC(O)(Cc1cc2ccccc2[nH]1)C(F)(F)F.COc1ccccc1C(C)(C)CC(O)(Cc1ccnc2ccccc12)C(F)(F)F. The van der Waals surface area contributed by atoms with Crippen LogP contribution in [0.15, 0.2) is 115 Å². The van der Waals surface area contributed by atoms with Gasteiger partial charge in [-0.3, -0.25) is 4.98 Å². The molecule has 6 aromatic rings. The number of pyridine rings is 1. The molecule has 0 amide bonds. The number of aromatic nitrogens is 2. The van der Waals surface area contributed by atoms with Crippen molar-refractivity contribution in [2.24, 2.45) is 0 Å². The molecule has 2 unspecified atom stereocenters. The summed E-state index contributed by atoms with van der Waals surface area (Å²) < 4.78 is 95.0. The Morgan fingerprint density at radius 2 is 1.07 bits per heavy atom. The van der Waals surface area contributed by atoms with Crippen LogP contribution in [0.2, 0.25) is 0 Å². The van der Waals surface area contributed by atoms with Gasteiger partial charge in [0.1, 0.15) is 11.5 Å². The molecule has 6 nitrogen and oxygen atoms in total. The minimum absolute atomic E-state index is 0.344. The second-order valence-corrected chi connectivity index (χ2v) is 15.8. The third-order valence-corrected chi connectivity index (χ3v) is 10.5. The monoisotopic (exact) mass is 794 g/mol. The lowest BCUT2D eigenvalue weighted by Crippen LogP contribution is -2.50. The Bertz CT molecular complexity index is 2240. The molecular weight excluding hydrogens is 746 g/mol. The minimum atomic E-state index is -4.81. The summed E-state index contributed by atoms with van der Waals surface area (Å²) in [6, 6.07) is 31.3. The second kappa shape index (κ2) is 16.4. The van der Waals surface area contributed by atoms with Crippen LogP contribution in [0.5, 0.6) is 11.5 Å². The number of para-hydroxylation sites is 4. The summed E-state index contributed by atoms with van der Waals surface area (Å²) in [5.74, 6) is 0.999. The molecule has 12 heteroatoms. The van der Waals surface area contributed by atoms with Crippen molar-refractivity contribution in [3.05, 3.63) is 138 Å². The van der Waals surface area contributed by atoms with Crippen molar-refractivity contribution in [1.29, 1.82) is 0 Å². The molecule has 0 saturated heterocycles. The number of aromatic amines is 1. The number of hydrogen-bond acceptors (Lipinski definition) is 5. The molecule has 4 aromatic carbocycles. The summed E-state index contributed by atoms with van der Waals surface area (Å²) in [6.45, 7) is 6.75. The smallest absolute Gasteiger partial charge is 0.417 e. The molecule has 0 spiro atoms. The van der Waals surface area contributed by atoms with Crippen molar-refractivity contribution < 1.29 is 46.0 Å². The van der Waals surface area contributed by atoms with Gasteiger partial charge < -0.3 is 24.7 Å². The molecule has 0 fully saturated rings. The number of nitrogens with one attached hydrogen (secondary N) is 1. The highest BCUT2D eigenvalue weighted by Crippen LogP contribution is 2.47. The maximum atomic E-state index is 14.1. The van der Waals surface area contributed by atoms with E-state index in [-0.39, 0.29) is 0 Å². The van der Waals surface area contributed by atoms with E-state index in [1.165, 1.54) is 26.5 Å². The number of aliphatic hydroxyl groups is 2. The molecule has 304 valence electrons. The Balaban J connectivity index is 0.000000218. The van der Waals surface area contributed by atoms with Crippen molar-refractivity contribution in [1.82, 2.24) is 9.97 Å². The first-order valence-electron chi connectivity index (χ1n) is 18.4. The highest BCUT2D eigenvalue weighted by Gasteiger charge is 2.57. The van der Waals surface area contributed by atoms with Gasteiger partial charge in [0.05, 0.1) is 19.7 Å². The van der Waals surface area contributed by atoms with Gasteiger partial charge in [0, 0.05) is 35.6 Å². The number of hydrogen-bond donors (Lipinski definition) is 3. The fourth-order valence-electron chi connectivity index (χ4n) is 7.75. The normalized spacial score (nSPS) is 14.7. The molecular formula is C45H48F6N2O4. The van der Waals surface area contributed by atoms with Gasteiger partial charge in [0.2, 0.25) is 0 Å². The van der Waals surface area contributed by atoms with E-state index in [9.17, 15) is 36.6 Å². The Kier molecular flexibility index (Phi) is 12.4. The molecule has 3 N–H and O–H groups in total. The molecule has 6 rings (SSSR count). The number of alkyl halides is 6. The highest BCUT2D eigenvalue weighted by atomic mass is 19.4. The average molecular weight is 795 g/mol. The van der Waals surface area contributed by atoms with Crippen LogP contribution < -0.4 is 9.47 Å². The van der Waals surface area contributed by atoms with Gasteiger partial charge in [-0.15, -0.1) is 0 Å². The van der Waals surface area contributed by atoms with Gasteiger partial charge >= 0.3 is 12.4 Å². The van der Waals surface area contributed by atoms with E-state index in [0.717, 1.165) is 10.9 Å². The summed E-state index contributed by atoms with van der Waals surface area (Å²) >= 11 is 0. The van der Waals surface area contributed by atoms with E-state index < -0.39 is 60.1 Å². The van der Waals surface area contributed by atoms with Gasteiger partial charge in [-0.2, -0.15) is 26.3 Å². The van der Waals surface area contributed by atoms with Crippen molar-refractivity contribution in [3.8, 4) is 11.5 Å². The number of H-pyrrole nitrogens is 1. The van der Waals surface area contributed by atoms with Crippen molar-refractivity contribution in [3.63, 3.8) is 0 Å². The first-order valence-corrected chi connectivity index (χ1v) is 18.4. The minimum Gasteiger partial charge on any atom is -0.496 e. The first-order chi connectivity index (χ1) is 26.6. The van der Waals surface area contributed by atoms with E-state index in [1.54, 1.807) is 113 Å². The zero-order valence-electron chi connectivity index (χ0n) is 32.7. The Labute approximate surface area is 328 Å². The number of fused-ring (bicyclic) bond motifs is 2. The van der Waals surface area contributed by atoms with E-state index in [1.807, 2.05) is 18.2 Å². The molecule has 0 aliphatic rings. The van der Waals surface area contributed by atoms with Crippen LogP contribution in [-0.4, -0.2) is 58.0 Å². The zero-order chi connectivity index (χ0) is 41.9. The van der Waals surface area contributed by atoms with Crippen LogP contribution in [0.1, 0.15) is 62.9 Å². The molecule has 57 heavy (non-hydrogen) atoms. The predicted octanol–water partition coefficient (Wildman–Crippen LogP) is 10.8. The zero-order valence-corrected chi connectivity index (χ0v) is 32.7. The number of benzene rings is 4. The van der Waals surface area contributed by atoms with Crippen LogP contribution in [0.25, 0.3) is 21.8 Å². The lowest BCUT2D eigenvalue weighted by molar-refractivity contribution is -0.266. The third-order valence-electron chi connectivity index (χ3n) is 10.5. The van der Waals surface area contributed by atoms with E-state index in [4.69, 9.17) is 9.47 Å². The molecule has 0 radical (unpaired) electrons. The lowest BCUT2D eigenvalue weighted by Gasteiger charge is -2.38. The van der Waals surface area contributed by atoms with Gasteiger partial charge in [-0.1, -0.05) is 100 Å². The number of methoxy groups -OCH3 is 2. The van der Waals surface area contributed by atoms with Gasteiger partial charge in [-0.05, 0) is 82.1 Å². The number of halogens is 6. The summed E-state index contributed by atoms with van der Waals surface area (Å²) in [6.07, 6.45) is -10.2. The fourth-order valence-corrected chi connectivity index (χ4v) is 7.75. The van der Waals surface area contributed by atoms with Crippen LogP contribution in [0, 0.1) is 0 Å². The second-order valence-electron chi connectivity index (χ2n) is 15.8. The maximum Gasteiger partial charge on any atom is 0.417 e. The molecule has 0 saturated carbocycles. The Morgan fingerprint density at radius 3 is 1.60 bits per heavy atom. The standard InChI is InChI=1S/C23H24F3NO2.C22H24F3NO2/c1-21(2,18-9-5-7-11-20(18)29-3)15-22(28,23(24,25)26)14-16-12-13-27-19-10-6-4-8-17(16)19;1-20(2,17-9-5-7-11-19(17)28-3)14-21(27,22(23,24)25)13-16-12-15-8-4-6-10-18(15)26-16/h4-13,28H,14-15H2,1-3H3;4-12,26-27H,13-14H2,1-3H3. The van der Waals surface area contributed by atoms with Crippen molar-refractivity contribution >= 4 is 21.8 Å². The van der Waals surface area contributed by atoms with Crippen molar-refractivity contribution in [2.45, 2.75) is 87.8 Å². The van der Waals surface area contributed by atoms with Gasteiger partial charge in [0.25, 0.3) is 0 Å². The van der Waals surface area contributed by atoms with Crippen LogP contribution in [-0.2, 0) is 23.7 Å². The maximum absolute atomic E-state index is 14.1. The topological polar surface area (TPSA) is 87.6 Å². The van der Waals surface area contributed by atoms with Crippen LogP contribution in [0.4, 0.5) is 26.3 Å². The van der Waals surface area contributed by atoms with Crippen molar-refractivity contribution in [2.75, 3.05) is 14.2 Å². The Morgan fingerprint density at radius 1 is 0.596 bits per heavy atom. The quantitative estimate of drug-likeness (QED) is 0.107. The summed E-state index contributed by atoms with van der Waals surface area (Å²) in [5, 5.41) is 23.2. The van der Waals surface area contributed by atoms with E-state index >= 15 is 0 Å².